The van der Waals surface area contributed by atoms with E-state index in [0.717, 1.165) is 0 Å². The van der Waals surface area contributed by atoms with Crippen molar-refractivity contribution in [3.63, 3.8) is 0 Å². The average molecular weight is 245 g/mol. The molecule has 0 spiro atoms. The molecule has 0 bridgehead atoms. The van der Waals surface area contributed by atoms with Gasteiger partial charge in [0, 0.05) is 0 Å². The third kappa shape index (κ3) is 5.92. The fraction of sp³-hybridized carbons (Fsp3) is 0.800. The van der Waals surface area contributed by atoms with Crippen LogP contribution in [-0.4, -0.2) is 51.2 Å². The first-order valence-corrected chi connectivity index (χ1v) is 5.22. The molecule has 90 valence electrons. The summed E-state index contributed by atoms with van der Waals surface area (Å²) in [4.78, 5) is 30.8. The van der Waals surface area contributed by atoms with E-state index < -0.39 is 32.7 Å². The quantitative estimate of drug-likeness (QED) is 0.182. The normalized spacial score (nSPS) is 18.2. The van der Waals surface area contributed by atoms with Gasteiger partial charge in [0.05, 0.1) is 6.61 Å². The minimum Gasteiger partial charge on any atom is -0.387 e. The number of hydrogen-bond donors (Lipinski definition) is 5. The highest BCUT2D eigenvalue weighted by Gasteiger charge is 2.29. The van der Waals surface area contributed by atoms with E-state index in [2.05, 4.69) is 15.3 Å². The molecule has 0 saturated carbocycles. The lowest BCUT2D eigenvalue weighted by atomic mass is 10.1. The van der Waals surface area contributed by atoms with Crippen LogP contribution in [0.1, 0.15) is 0 Å². The summed E-state index contributed by atoms with van der Waals surface area (Å²) < 4.78 is 14.2. The maximum atomic E-state index is 10.3. The number of aldehydes is 1. The minimum absolute atomic E-state index is 0.0220. The van der Waals surface area contributed by atoms with Crippen LogP contribution in [0.2, 0.25) is 0 Å². The van der Waals surface area contributed by atoms with Crippen LogP contribution in [0.5, 0.6) is 0 Å². The van der Waals surface area contributed by atoms with Crippen LogP contribution in [0.25, 0.3) is 0 Å². The number of phosphoric acid groups is 1. The van der Waals surface area contributed by atoms with E-state index in [-0.39, 0.29) is 6.29 Å². The molecule has 0 heterocycles. The Morgan fingerprint density at radius 1 is 1.40 bits per heavy atom. The highest BCUT2D eigenvalue weighted by atomic mass is 31.2. The number of carbonyl (C=O) groups excluding carboxylic acids is 1. The van der Waals surface area contributed by atoms with Crippen LogP contribution < -0.4 is 5.90 Å². The van der Waals surface area contributed by atoms with Gasteiger partial charge in [-0.1, -0.05) is 0 Å². The van der Waals surface area contributed by atoms with Crippen LogP contribution in [0.4, 0.5) is 0 Å². The van der Waals surface area contributed by atoms with Gasteiger partial charge in [-0.2, -0.15) is 0 Å². The first kappa shape index (κ1) is 14.6. The van der Waals surface area contributed by atoms with Crippen molar-refractivity contribution in [1.82, 2.24) is 0 Å². The molecule has 0 aromatic heterocycles. The van der Waals surface area contributed by atoms with Crippen molar-refractivity contribution in [1.29, 1.82) is 0 Å². The molecule has 0 aliphatic heterocycles. The summed E-state index contributed by atoms with van der Waals surface area (Å²) in [6.45, 7) is -0.771. The summed E-state index contributed by atoms with van der Waals surface area (Å²) in [5.74, 6) is 4.68. The van der Waals surface area contributed by atoms with Crippen LogP contribution in [0.15, 0.2) is 0 Å². The van der Waals surface area contributed by atoms with E-state index in [1.165, 1.54) is 0 Å². The van der Waals surface area contributed by atoms with Gasteiger partial charge in [-0.05, 0) is 0 Å². The number of aliphatic hydroxyl groups excluding tert-OH is 2. The van der Waals surface area contributed by atoms with Gasteiger partial charge in [0.15, 0.2) is 6.29 Å². The van der Waals surface area contributed by atoms with Gasteiger partial charge in [-0.3, -0.25) is 9.36 Å². The number of hydrogen-bond acceptors (Lipinski definition) is 7. The highest BCUT2D eigenvalue weighted by Crippen LogP contribution is 2.36. The third-order valence-corrected chi connectivity index (χ3v) is 1.94. The van der Waals surface area contributed by atoms with Gasteiger partial charge in [-0.25, -0.2) is 10.5 Å². The van der Waals surface area contributed by atoms with E-state index in [0.29, 0.717) is 0 Å². The molecule has 0 aromatic rings. The lowest BCUT2D eigenvalue weighted by Crippen LogP contribution is -2.43. The molecule has 6 N–H and O–H groups in total. The highest BCUT2D eigenvalue weighted by molar-refractivity contribution is 7.46. The molecule has 3 atom stereocenters. The van der Waals surface area contributed by atoms with Crippen molar-refractivity contribution in [3.05, 3.63) is 0 Å². The molecule has 0 aliphatic rings. The number of nitrogens with two attached hydrogens (primary N) is 1. The van der Waals surface area contributed by atoms with E-state index in [4.69, 9.17) is 20.0 Å². The van der Waals surface area contributed by atoms with Crippen molar-refractivity contribution in [2.75, 3.05) is 6.61 Å². The molecule has 0 rings (SSSR count). The van der Waals surface area contributed by atoms with Gasteiger partial charge in [0.2, 0.25) is 0 Å². The average Bonchev–Trinajstić information content (AvgIpc) is 2.15. The minimum atomic E-state index is -4.73. The first-order valence-electron chi connectivity index (χ1n) is 3.69. The van der Waals surface area contributed by atoms with Crippen molar-refractivity contribution in [2.45, 2.75) is 18.3 Å². The SMILES string of the molecule is NO[C@H](COP(=O)(O)O)[C@@H](O)[C@@H](O)C=O. The Balaban J connectivity index is 4.24. The first-order chi connectivity index (χ1) is 6.81. The second-order valence-corrected chi connectivity index (χ2v) is 3.82. The van der Waals surface area contributed by atoms with Crippen LogP contribution in [-0.2, 0) is 18.7 Å². The number of carbonyl (C=O) groups is 1. The van der Waals surface area contributed by atoms with Crippen LogP contribution in [0, 0.1) is 0 Å². The van der Waals surface area contributed by atoms with Crippen molar-refractivity contribution in [2.24, 2.45) is 5.90 Å². The smallest absolute Gasteiger partial charge is 0.387 e. The van der Waals surface area contributed by atoms with Gasteiger partial charge in [-0.15, -0.1) is 0 Å². The number of rotatable bonds is 7. The predicted octanol–water partition coefficient (Wildman–Crippen LogP) is -2.72. The Bertz CT molecular complexity index is 241. The van der Waals surface area contributed by atoms with Crippen molar-refractivity contribution in [3.8, 4) is 0 Å². The standard InChI is InChI=1S/C5H12NO8P/c6-14-4(2-13-15(10,11)12)5(9)3(8)1-7/h1,3-5,8-9H,2,6H2,(H2,10,11,12)/t3-,4+,5-/m0/s1. The molecule has 0 radical (unpaired) electrons. The Kier molecular flexibility index (Phi) is 6.10. The summed E-state index contributed by atoms with van der Waals surface area (Å²) in [7, 11) is -4.73. The zero-order valence-electron chi connectivity index (χ0n) is 7.46. The monoisotopic (exact) mass is 245 g/mol. The second kappa shape index (κ2) is 6.26. The fourth-order valence-corrected chi connectivity index (χ4v) is 1.03. The molecule has 0 fully saturated rings. The van der Waals surface area contributed by atoms with Gasteiger partial charge in [0.1, 0.15) is 18.3 Å². The Labute approximate surface area is 84.6 Å². The van der Waals surface area contributed by atoms with Crippen LogP contribution >= 0.6 is 7.82 Å². The summed E-state index contributed by atoms with van der Waals surface area (Å²) in [5, 5.41) is 18.0. The van der Waals surface area contributed by atoms with Gasteiger partial charge < -0.3 is 24.8 Å². The number of phosphoric ester groups is 1. The molecule has 0 saturated heterocycles. The summed E-state index contributed by atoms with van der Waals surface area (Å²) in [6, 6.07) is 0. The zero-order valence-corrected chi connectivity index (χ0v) is 8.36. The molecular formula is C5H12NO8P. The molecule has 15 heavy (non-hydrogen) atoms. The molecule has 0 aromatic carbocycles. The molecule has 10 heteroatoms. The molecule has 0 aliphatic carbocycles. The maximum absolute atomic E-state index is 10.3. The van der Waals surface area contributed by atoms with Crippen LogP contribution in [0.3, 0.4) is 0 Å². The summed E-state index contributed by atoms with van der Waals surface area (Å²) in [5.41, 5.74) is 0. The Morgan fingerprint density at radius 2 is 1.93 bits per heavy atom. The van der Waals surface area contributed by atoms with E-state index in [1.807, 2.05) is 0 Å². The maximum Gasteiger partial charge on any atom is 0.469 e. The van der Waals surface area contributed by atoms with E-state index in [9.17, 15) is 9.36 Å². The Hall–Kier alpha value is -0.380. The lowest BCUT2D eigenvalue weighted by Gasteiger charge is -2.21. The van der Waals surface area contributed by atoms with Gasteiger partial charge >= 0.3 is 7.82 Å². The fourth-order valence-electron chi connectivity index (χ4n) is 0.689. The van der Waals surface area contributed by atoms with E-state index in [1.54, 1.807) is 0 Å². The number of aliphatic hydroxyl groups is 2. The molecular weight excluding hydrogens is 233 g/mol. The molecule has 0 unspecified atom stereocenters. The zero-order chi connectivity index (χ0) is 12.1. The topological polar surface area (TPSA) is 160 Å². The lowest BCUT2D eigenvalue weighted by molar-refractivity contribution is -0.134. The van der Waals surface area contributed by atoms with E-state index >= 15 is 0 Å². The molecule has 0 amide bonds. The molecule has 9 nitrogen and oxygen atoms in total. The predicted molar refractivity (Wildman–Crippen MR) is 45.1 cm³/mol. The third-order valence-electron chi connectivity index (χ3n) is 1.45. The van der Waals surface area contributed by atoms with Gasteiger partial charge in [0.25, 0.3) is 0 Å². The van der Waals surface area contributed by atoms with Crippen molar-refractivity contribution < 1.29 is 38.7 Å². The summed E-state index contributed by atoms with van der Waals surface area (Å²) >= 11 is 0. The Morgan fingerprint density at radius 3 is 2.27 bits per heavy atom. The summed E-state index contributed by atoms with van der Waals surface area (Å²) in [6.07, 6.45) is -4.93. The largest absolute Gasteiger partial charge is 0.469 e. The van der Waals surface area contributed by atoms with Crippen molar-refractivity contribution >= 4 is 14.1 Å². The second-order valence-electron chi connectivity index (χ2n) is 2.58.